The Bertz CT molecular complexity index is 573. The largest absolute Gasteiger partial charge is 0.396 e. The Balaban J connectivity index is 1.62. The van der Waals surface area contributed by atoms with E-state index in [2.05, 4.69) is 16.2 Å². The number of halogens is 1. The van der Waals surface area contributed by atoms with Gasteiger partial charge < -0.3 is 5.11 Å². The van der Waals surface area contributed by atoms with E-state index in [9.17, 15) is 5.11 Å². The second-order valence-electron chi connectivity index (χ2n) is 5.67. The third kappa shape index (κ3) is 3.64. The number of hydrogen-bond donors (Lipinski definition) is 1. The van der Waals surface area contributed by atoms with E-state index < -0.39 is 0 Å². The quantitative estimate of drug-likeness (QED) is 0.944. The second kappa shape index (κ2) is 6.60. The molecule has 1 aromatic carbocycles. The molecule has 1 N–H and O–H groups in total. The summed E-state index contributed by atoms with van der Waals surface area (Å²) in [5.41, 5.74) is 2.23. The van der Waals surface area contributed by atoms with E-state index in [0.29, 0.717) is 12.5 Å². The van der Waals surface area contributed by atoms with Gasteiger partial charge in [0, 0.05) is 29.9 Å². The standard InChI is InChI=1S/C16H20ClN3O/c17-15-1-3-16(4-2-15)20-11-14(9-18-20)10-19-7-5-13(12-21)6-8-19/h1-4,9,11,13,21H,5-8,10,12H2. The van der Waals surface area contributed by atoms with Crippen LogP contribution >= 0.6 is 11.6 Å². The molecule has 0 radical (unpaired) electrons. The van der Waals surface area contributed by atoms with Crippen LogP contribution in [0.2, 0.25) is 5.02 Å². The maximum atomic E-state index is 9.17. The van der Waals surface area contributed by atoms with Crippen molar-refractivity contribution in [1.82, 2.24) is 14.7 Å². The molecule has 0 atom stereocenters. The highest BCUT2D eigenvalue weighted by Gasteiger charge is 2.18. The number of benzene rings is 1. The van der Waals surface area contributed by atoms with E-state index in [0.717, 1.165) is 43.2 Å². The smallest absolute Gasteiger partial charge is 0.0646 e. The Kier molecular flexibility index (Phi) is 4.58. The molecular weight excluding hydrogens is 286 g/mol. The van der Waals surface area contributed by atoms with Crippen molar-refractivity contribution in [2.75, 3.05) is 19.7 Å². The van der Waals surface area contributed by atoms with Crippen LogP contribution < -0.4 is 0 Å². The zero-order chi connectivity index (χ0) is 14.7. The Morgan fingerprint density at radius 3 is 2.57 bits per heavy atom. The van der Waals surface area contributed by atoms with Gasteiger partial charge in [0.25, 0.3) is 0 Å². The summed E-state index contributed by atoms with van der Waals surface area (Å²) in [4.78, 5) is 2.43. The molecule has 112 valence electrons. The van der Waals surface area contributed by atoms with Gasteiger partial charge in [-0.2, -0.15) is 5.10 Å². The number of nitrogens with zero attached hydrogens (tertiary/aromatic N) is 3. The van der Waals surface area contributed by atoms with Crippen LogP contribution in [0.1, 0.15) is 18.4 Å². The molecule has 5 heteroatoms. The first kappa shape index (κ1) is 14.6. The van der Waals surface area contributed by atoms with E-state index in [4.69, 9.17) is 11.6 Å². The van der Waals surface area contributed by atoms with Gasteiger partial charge in [0.2, 0.25) is 0 Å². The van der Waals surface area contributed by atoms with Gasteiger partial charge in [-0.25, -0.2) is 4.68 Å². The highest BCUT2D eigenvalue weighted by atomic mass is 35.5. The zero-order valence-electron chi connectivity index (χ0n) is 12.0. The van der Waals surface area contributed by atoms with Crippen molar-refractivity contribution >= 4 is 11.6 Å². The summed E-state index contributed by atoms with van der Waals surface area (Å²) in [7, 11) is 0. The fourth-order valence-corrected chi connectivity index (χ4v) is 2.89. The first-order valence-corrected chi connectivity index (χ1v) is 7.75. The maximum Gasteiger partial charge on any atom is 0.0646 e. The lowest BCUT2D eigenvalue weighted by Crippen LogP contribution is -2.34. The lowest BCUT2D eigenvalue weighted by atomic mass is 9.98. The Hall–Kier alpha value is -1.36. The van der Waals surface area contributed by atoms with E-state index in [-0.39, 0.29) is 0 Å². The van der Waals surface area contributed by atoms with Crippen LogP contribution in [0.3, 0.4) is 0 Å². The number of likely N-dealkylation sites (tertiary alicyclic amines) is 1. The molecule has 2 aromatic rings. The fraction of sp³-hybridized carbons (Fsp3) is 0.438. The second-order valence-corrected chi connectivity index (χ2v) is 6.11. The third-order valence-electron chi connectivity index (χ3n) is 4.10. The summed E-state index contributed by atoms with van der Waals surface area (Å²) < 4.78 is 1.88. The number of hydrogen-bond acceptors (Lipinski definition) is 3. The molecule has 3 rings (SSSR count). The predicted molar refractivity (Wildman–Crippen MR) is 83.7 cm³/mol. The summed E-state index contributed by atoms with van der Waals surface area (Å²) >= 11 is 5.90. The zero-order valence-corrected chi connectivity index (χ0v) is 12.7. The Morgan fingerprint density at radius 2 is 1.90 bits per heavy atom. The van der Waals surface area contributed by atoms with Gasteiger partial charge in [-0.3, -0.25) is 4.90 Å². The fourth-order valence-electron chi connectivity index (χ4n) is 2.76. The molecule has 1 aliphatic rings. The highest BCUT2D eigenvalue weighted by Crippen LogP contribution is 2.19. The van der Waals surface area contributed by atoms with Gasteiger partial charge in [-0.05, 0) is 56.1 Å². The van der Waals surface area contributed by atoms with Crippen LogP contribution in [0.15, 0.2) is 36.7 Å². The van der Waals surface area contributed by atoms with Crippen LogP contribution in [-0.2, 0) is 6.54 Å². The molecule has 0 saturated carbocycles. The van der Waals surface area contributed by atoms with Crippen molar-refractivity contribution in [2.24, 2.45) is 5.92 Å². The molecule has 4 nitrogen and oxygen atoms in total. The van der Waals surface area contributed by atoms with Crippen molar-refractivity contribution in [3.8, 4) is 5.69 Å². The molecule has 21 heavy (non-hydrogen) atoms. The Labute approximate surface area is 130 Å². The molecule has 0 bridgehead atoms. The van der Waals surface area contributed by atoms with E-state index >= 15 is 0 Å². The number of rotatable bonds is 4. The van der Waals surface area contributed by atoms with Gasteiger partial charge in [0.15, 0.2) is 0 Å². The summed E-state index contributed by atoms with van der Waals surface area (Å²) in [5.74, 6) is 0.484. The molecule has 2 heterocycles. The highest BCUT2D eigenvalue weighted by molar-refractivity contribution is 6.30. The molecule has 0 amide bonds. The molecule has 1 saturated heterocycles. The minimum atomic E-state index is 0.322. The Morgan fingerprint density at radius 1 is 1.19 bits per heavy atom. The lowest BCUT2D eigenvalue weighted by molar-refractivity contribution is 0.127. The van der Waals surface area contributed by atoms with Crippen LogP contribution in [0, 0.1) is 5.92 Å². The van der Waals surface area contributed by atoms with Crippen LogP contribution in [0.4, 0.5) is 0 Å². The minimum Gasteiger partial charge on any atom is -0.396 e. The van der Waals surface area contributed by atoms with E-state index in [1.165, 1.54) is 5.56 Å². The average Bonchev–Trinajstić information content (AvgIpc) is 2.97. The number of aliphatic hydroxyl groups excluding tert-OH is 1. The van der Waals surface area contributed by atoms with Crippen molar-refractivity contribution in [3.63, 3.8) is 0 Å². The van der Waals surface area contributed by atoms with Crippen molar-refractivity contribution in [2.45, 2.75) is 19.4 Å². The van der Waals surface area contributed by atoms with Crippen molar-refractivity contribution < 1.29 is 5.11 Å². The maximum absolute atomic E-state index is 9.17. The van der Waals surface area contributed by atoms with Gasteiger partial charge in [-0.1, -0.05) is 11.6 Å². The minimum absolute atomic E-state index is 0.322. The monoisotopic (exact) mass is 305 g/mol. The van der Waals surface area contributed by atoms with Crippen molar-refractivity contribution in [1.29, 1.82) is 0 Å². The van der Waals surface area contributed by atoms with Gasteiger partial charge >= 0.3 is 0 Å². The normalized spacial score (nSPS) is 17.2. The number of aliphatic hydroxyl groups is 1. The summed E-state index contributed by atoms with van der Waals surface area (Å²) in [6.45, 7) is 3.35. The topological polar surface area (TPSA) is 41.3 Å². The van der Waals surface area contributed by atoms with Crippen LogP contribution in [0.5, 0.6) is 0 Å². The van der Waals surface area contributed by atoms with Gasteiger partial charge in [0.1, 0.15) is 0 Å². The molecule has 1 aliphatic heterocycles. The average molecular weight is 306 g/mol. The summed E-state index contributed by atoms with van der Waals surface area (Å²) in [5, 5.41) is 14.3. The summed E-state index contributed by atoms with van der Waals surface area (Å²) in [6, 6.07) is 7.67. The van der Waals surface area contributed by atoms with Crippen LogP contribution in [-0.4, -0.2) is 39.5 Å². The number of piperidine rings is 1. The molecule has 0 unspecified atom stereocenters. The van der Waals surface area contributed by atoms with Gasteiger partial charge in [0.05, 0.1) is 11.9 Å². The first-order valence-electron chi connectivity index (χ1n) is 7.37. The van der Waals surface area contributed by atoms with E-state index in [1.54, 1.807) is 0 Å². The molecule has 0 aliphatic carbocycles. The van der Waals surface area contributed by atoms with E-state index in [1.807, 2.05) is 35.1 Å². The molecule has 1 fully saturated rings. The molecular formula is C16H20ClN3O. The third-order valence-corrected chi connectivity index (χ3v) is 4.35. The first-order chi connectivity index (χ1) is 10.2. The summed E-state index contributed by atoms with van der Waals surface area (Å²) in [6.07, 6.45) is 6.16. The molecule has 0 spiro atoms. The lowest BCUT2D eigenvalue weighted by Gasteiger charge is -2.30. The SMILES string of the molecule is OCC1CCN(Cc2cnn(-c3ccc(Cl)cc3)c2)CC1. The predicted octanol–water partition coefficient (Wildman–Crippen LogP) is 2.73. The van der Waals surface area contributed by atoms with Gasteiger partial charge in [-0.15, -0.1) is 0 Å². The van der Waals surface area contributed by atoms with Crippen molar-refractivity contribution in [3.05, 3.63) is 47.2 Å². The molecule has 1 aromatic heterocycles. The van der Waals surface area contributed by atoms with Crippen LogP contribution in [0.25, 0.3) is 5.69 Å². The number of aromatic nitrogens is 2.